The summed E-state index contributed by atoms with van der Waals surface area (Å²) < 4.78 is 5.22. The Kier molecular flexibility index (Phi) is 5.54. The molecule has 30 heavy (non-hydrogen) atoms. The van der Waals surface area contributed by atoms with E-state index in [2.05, 4.69) is 0 Å². The number of fused-ring (bicyclic) bond motifs is 1. The first kappa shape index (κ1) is 19.7. The summed E-state index contributed by atoms with van der Waals surface area (Å²) in [5.41, 5.74) is 6.73. The number of imide groups is 1. The maximum atomic E-state index is 12.8. The maximum absolute atomic E-state index is 12.8. The lowest BCUT2D eigenvalue weighted by molar-refractivity contribution is -0.123. The van der Waals surface area contributed by atoms with E-state index in [4.69, 9.17) is 10.5 Å². The van der Waals surface area contributed by atoms with Gasteiger partial charge in [0.2, 0.25) is 0 Å². The van der Waals surface area contributed by atoms with E-state index < -0.39 is 5.91 Å². The second-order valence-corrected chi connectivity index (χ2v) is 7.72. The summed E-state index contributed by atoms with van der Waals surface area (Å²) in [4.78, 5) is 37.8. The molecule has 0 radical (unpaired) electrons. The van der Waals surface area contributed by atoms with Crippen molar-refractivity contribution in [3.63, 3.8) is 0 Å². The van der Waals surface area contributed by atoms with Gasteiger partial charge in [-0.1, -0.05) is 54.6 Å². The summed E-state index contributed by atoms with van der Waals surface area (Å²) >= 11 is 0.926. The molecule has 7 heteroatoms. The molecular weight excluding hydrogens is 400 g/mol. The number of primary amides is 1. The second-order valence-electron chi connectivity index (χ2n) is 6.73. The summed E-state index contributed by atoms with van der Waals surface area (Å²) in [6.45, 7) is 0.0235. The number of ether oxygens (including phenoxy) is 1. The van der Waals surface area contributed by atoms with Gasteiger partial charge in [-0.05, 0) is 51.9 Å². The largest absolute Gasteiger partial charge is 0.484 e. The smallest absolute Gasteiger partial charge is 0.293 e. The van der Waals surface area contributed by atoms with E-state index in [-0.39, 0.29) is 24.3 Å². The number of nitrogens with two attached hydrogens (primary N) is 1. The standard InChI is InChI=1S/C23H18N2O4S/c24-21(26)14-29-18-10-8-15(9-11-18)12-20-22(27)25(23(28)30-20)13-17-6-3-5-16-4-1-2-7-19(16)17/h1-12H,13-14H2,(H2,24,26)/b20-12-. The van der Waals surface area contributed by atoms with Gasteiger partial charge >= 0.3 is 0 Å². The Bertz CT molecular complexity index is 1170. The highest BCUT2D eigenvalue weighted by atomic mass is 32.2. The van der Waals surface area contributed by atoms with E-state index in [1.165, 1.54) is 4.90 Å². The average molecular weight is 418 g/mol. The molecule has 150 valence electrons. The van der Waals surface area contributed by atoms with Crippen molar-refractivity contribution in [2.75, 3.05) is 6.61 Å². The van der Waals surface area contributed by atoms with Crippen molar-refractivity contribution in [2.45, 2.75) is 6.54 Å². The van der Waals surface area contributed by atoms with Crippen LogP contribution in [-0.4, -0.2) is 28.6 Å². The Morgan fingerprint density at radius 3 is 2.50 bits per heavy atom. The van der Waals surface area contributed by atoms with Gasteiger partial charge in [-0.2, -0.15) is 0 Å². The minimum Gasteiger partial charge on any atom is -0.484 e. The normalized spacial score (nSPS) is 15.2. The molecule has 0 bridgehead atoms. The molecule has 1 saturated heterocycles. The summed E-state index contributed by atoms with van der Waals surface area (Å²) in [7, 11) is 0. The van der Waals surface area contributed by atoms with E-state index in [0.717, 1.165) is 33.7 Å². The van der Waals surface area contributed by atoms with Crippen LogP contribution >= 0.6 is 11.8 Å². The van der Waals surface area contributed by atoms with Crippen LogP contribution in [0.5, 0.6) is 5.75 Å². The summed E-state index contributed by atoms with van der Waals surface area (Å²) in [6.07, 6.45) is 1.67. The summed E-state index contributed by atoms with van der Waals surface area (Å²) in [5, 5.41) is 1.80. The fourth-order valence-corrected chi connectivity index (χ4v) is 4.04. The van der Waals surface area contributed by atoms with Crippen LogP contribution in [0.2, 0.25) is 0 Å². The molecule has 3 aromatic carbocycles. The molecule has 1 aliphatic rings. The predicted octanol–water partition coefficient (Wildman–Crippen LogP) is 3.94. The minimum atomic E-state index is -0.557. The highest BCUT2D eigenvalue weighted by molar-refractivity contribution is 8.18. The van der Waals surface area contributed by atoms with Crippen LogP contribution in [0.4, 0.5) is 4.79 Å². The molecule has 3 aromatic rings. The lowest BCUT2D eigenvalue weighted by Gasteiger charge is -2.14. The van der Waals surface area contributed by atoms with Crippen molar-refractivity contribution in [1.82, 2.24) is 4.90 Å². The highest BCUT2D eigenvalue weighted by Crippen LogP contribution is 2.34. The molecule has 1 fully saturated rings. The lowest BCUT2D eigenvalue weighted by atomic mass is 10.0. The molecule has 1 aliphatic heterocycles. The third kappa shape index (κ3) is 4.21. The number of nitrogens with zero attached hydrogens (tertiary/aromatic N) is 1. The fraction of sp³-hybridized carbons (Fsp3) is 0.0870. The van der Waals surface area contributed by atoms with Gasteiger partial charge in [0, 0.05) is 0 Å². The molecule has 2 N–H and O–H groups in total. The van der Waals surface area contributed by atoms with E-state index in [9.17, 15) is 14.4 Å². The molecule has 0 spiro atoms. The molecule has 0 unspecified atom stereocenters. The van der Waals surface area contributed by atoms with Crippen LogP contribution in [0.1, 0.15) is 11.1 Å². The predicted molar refractivity (Wildman–Crippen MR) is 117 cm³/mol. The lowest BCUT2D eigenvalue weighted by Crippen LogP contribution is -2.27. The van der Waals surface area contributed by atoms with Gasteiger partial charge in [0.05, 0.1) is 11.4 Å². The van der Waals surface area contributed by atoms with Gasteiger partial charge < -0.3 is 10.5 Å². The Hall–Kier alpha value is -3.58. The van der Waals surface area contributed by atoms with Crippen molar-refractivity contribution in [2.24, 2.45) is 5.73 Å². The molecule has 3 amide bonds. The Morgan fingerprint density at radius 1 is 1.00 bits per heavy atom. The van der Waals surface area contributed by atoms with E-state index in [1.54, 1.807) is 30.3 Å². The van der Waals surface area contributed by atoms with Gasteiger partial charge in [0.1, 0.15) is 5.75 Å². The van der Waals surface area contributed by atoms with Crippen molar-refractivity contribution >= 4 is 45.7 Å². The molecule has 0 aliphatic carbocycles. The van der Waals surface area contributed by atoms with Crippen LogP contribution < -0.4 is 10.5 Å². The molecule has 4 rings (SSSR count). The van der Waals surface area contributed by atoms with Crippen LogP contribution in [0.15, 0.2) is 71.6 Å². The van der Waals surface area contributed by atoms with Crippen LogP contribution in [0.25, 0.3) is 16.8 Å². The number of amides is 3. The number of carbonyl (C=O) groups excluding carboxylic acids is 3. The molecule has 0 atom stereocenters. The van der Waals surface area contributed by atoms with E-state index in [0.29, 0.717) is 10.7 Å². The number of carbonyl (C=O) groups is 3. The first-order chi connectivity index (χ1) is 14.5. The molecule has 0 saturated carbocycles. The van der Waals surface area contributed by atoms with Crippen LogP contribution in [0, 0.1) is 0 Å². The van der Waals surface area contributed by atoms with Crippen molar-refractivity contribution < 1.29 is 19.1 Å². The van der Waals surface area contributed by atoms with Crippen molar-refractivity contribution in [1.29, 1.82) is 0 Å². The van der Waals surface area contributed by atoms with E-state index >= 15 is 0 Å². The number of hydrogen-bond donors (Lipinski definition) is 1. The quantitative estimate of drug-likeness (QED) is 0.613. The SMILES string of the molecule is NC(=O)COc1ccc(/C=C2\SC(=O)N(Cc3cccc4ccccc34)C2=O)cc1. The Balaban J connectivity index is 1.51. The van der Waals surface area contributed by atoms with E-state index in [1.807, 2.05) is 42.5 Å². The first-order valence-electron chi connectivity index (χ1n) is 9.24. The number of hydrogen-bond acceptors (Lipinski definition) is 5. The topological polar surface area (TPSA) is 89.7 Å². The van der Waals surface area contributed by atoms with Crippen LogP contribution in [-0.2, 0) is 16.1 Å². The Morgan fingerprint density at radius 2 is 1.73 bits per heavy atom. The van der Waals surface area contributed by atoms with Gasteiger partial charge in [-0.3, -0.25) is 19.3 Å². The zero-order valence-corrected chi connectivity index (χ0v) is 16.7. The average Bonchev–Trinajstić information content (AvgIpc) is 3.01. The second kappa shape index (κ2) is 8.42. The van der Waals surface area contributed by atoms with Crippen molar-refractivity contribution in [3.05, 3.63) is 82.8 Å². The zero-order chi connectivity index (χ0) is 21.1. The minimum absolute atomic E-state index is 0.202. The number of thioether (sulfide) groups is 1. The summed E-state index contributed by atoms with van der Waals surface area (Å²) in [6, 6.07) is 20.6. The molecule has 0 aromatic heterocycles. The first-order valence-corrected chi connectivity index (χ1v) is 10.1. The highest BCUT2D eigenvalue weighted by Gasteiger charge is 2.35. The number of rotatable bonds is 6. The third-order valence-electron chi connectivity index (χ3n) is 4.64. The molecule has 6 nitrogen and oxygen atoms in total. The molecular formula is C23H18N2O4S. The maximum Gasteiger partial charge on any atom is 0.293 e. The third-order valence-corrected chi connectivity index (χ3v) is 5.55. The van der Waals surface area contributed by atoms with Crippen LogP contribution in [0.3, 0.4) is 0 Å². The summed E-state index contributed by atoms with van der Waals surface area (Å²) in [5.74, 6) is -0.374. The Labute approximate surface area is 177 Å². The number of benzene rings is 3. The fourth-order valence-electron chi connectivity index (χ4n) is 3.20. The van der Waals surface area contributed by atoms with Crippen molar-refractivity contribution in [3.8, 4) is 5.75 Å². The van der Waals surface area contributed by atoms with Gasteiger partial charge in [-0.25, -0.2) is 0 Å². The molecule has 1 heterocycles. The monoisotopic (exact) mass is 418 g/mol. The van der Waals surface area contributed by atoms with Gasteiger partial charge in [-0.15, -0.1) is 0 Å². The van der Waals surface area contributed by atoms with Gasteiger partial charge in [0.25, 0.3) is 17.1 Å². The zero-order valence-electron chi connectivity index (χ0n) is 15.9. The van der Waals surface area contributed by atoms with Gasteiger partial charge in [0.15, 0.2) is 6.61 Å².